The van der Waals surface area contributed by atoms with Crippen LogP contribution >= 0.6 is 15.9 Å². The van der Waals surface area contributed by atoms with Gasteiger partial charge >= 0.3 is 0 Å². The van der Waals surface area contributed by atoms with E-state index in [1.807, 2.05) is 30.3 Å². The summed E-state index contributed by atoms with van der Waals surface area (Å²) in [5.74, 6) is -0.496. The fraction of sp³-hybridized carbons (Fsp3) is 0.0714. The lowest BCUT2D eigenvalue weighted by atomic mass is 10.2. The lowest BCUT2D eigenvalue weighted by molar-refractivity contribution is 0.624. The number of rotatable bonds is 3. The van der Waals surface area contributed by atoms with E-state index < -0.39 is 5.82 Å². The van der Waals surface area contributed by atoms with Gasteiger partial charge in [-0.15, -0.1) is 0 Å². The third-order valence-corrected chi connectivity index (χ3v) is 3.30. The van der Waals surface area contributed by atoms with E-state index in [4.69, 9.17) is 5.26 Å². The summed E-state index contributed by atoms with van der Waals surface area (Å²) >= 11 is 3.46. The molecular weight excluding hydrogens is 295 g/mol. The largest absolute Gasteiger partial charge is 0.381 e. The van der Waals surface area contributed by atoms with Crippen LogP contribution in [0.15, 0.2) is 46.9 Å². The molecule has 2 nitrogen and oxygen atoms in total. The van der Waals surface area contributed by atoms with E-state index in [1.54, 1.807) is 6.07 Å². The van der Waals surface area contributed by atoms with Crippen LogP contribution in [0.4, 0.5) is 10.1 Å². The van der Waals surface area contributed by atoms with Crippen molar-refractivity contribution in [2.24, 2.45) is 0 Å². The minimum Gasteiger partial charge on any atom is -0.381 e. The molecule has 2 rings (SSSR count). The average Bonchev–Trinajstić information content (AvgIpc) is 2.39. The molecule has 0 radical (unpaired) electrons. The SMILES string of the molecule is N#Cc1cc(NCc2ccccc2Br)ccc1F. The predicted octanol–water partition coefficient (Wildman–Crippen LogP) is 4.07. The lowest BCUT2D eigenvalue weighted by Gasteiger charge is -2.08. The van der Waals surface area contributed by atoms with Crippen molar-refractivity contribution >= 4 is 21.6 Å². The van der Waals surface area contributed by atoms with Gasteiger partial charge in [0.25, 0.3) is 0 Å². The van der Waals surface area contributed by atoms with Crippen LogP contribution in [0.5, 0.6) is 0 Å². The van der Waals surface area contributed by atoms with E-state index >= 15 is 0 Å². The van der Waals surface area contributed by atoms with Gasteiger partial charge in [-0.05, 0) is 29.8 Å². The molecule has 0 heterocycles. The molecule has 0 saturated carbocycles. The Morgan fingerprint density at radius 2 is 2.00 bits per heavy atom. The van der Waals surface area contributed by atoms with Crippen LogP contribution in [0.3, 0.4) is 0 Å². The van der Waals surface area contributed by atoms with E-state index in [0.717, 1.165) is 15.7 Å². The summed E-state index contributed by atoms with van der Waals surface area (Å²) in [7, 11) is 0. The second kappa shape index (κ2) is 5.65. The number of hydrogen-bond acceptors (Lipinski definition) is 2. The molecule has 0 atom stereocenters. The van der Waals surface area contributed by atoms with Gasteiger partial charge in [0.15, 0.2) is 0 Å². The second-order valence-electron chi connectivity index (χ2n) is 3.75. The van der Waals surface area contributed by atoms with Gasteiger partial charge in [0.05, 0.1) is 5.56 Å². The van der Waals surface area contributed by atoms with Crippen molar-refractivity contribution < 1.29 is 4.39 Å². The zero-order valence-corrected chi connectivity index (χ0v) is 11.0. The highest BCUT2D eigenvalue weighted by Gasteiger charge is 2.03. The van der Waals surface area contributed by atoms with Gasteiger partial charge < -0.3 is 5.32 Å². The molecule has 0 aromatic heterocycles. The predicted molar refractivity (Wildman–Crippen MR) is 72.6 cm³/mol. The Kier molecular flexibility index (Phi) is 3.96. The Hall–Kier alpha value is -1.86. The molecule has 0 amide bonds. The first kappa shape index (κ1) is 12.6. The second-order valence-corrected chi connectivity index (χ2v) is 4.61. The smallest absolute Gasteiger partial charge is 0.141 e. The molecule has 0 fully saturated rings. The van der Waals surface area contributed by atoms with Crippen LogP contribution in [0, 0.1) is 17.1 Å². The molecule has 0 bridgehead atoms. The van der Waals surface area contributed by atoms with Gasteiger partial charge in [-0.2, -0.15) is 5.26 Å². The Morgan fingerprint density at radius 1 is 1.22 bits per heavy atom. The van der Waals surface area contributed by atoms with Crippen LogP contribution < -0.4 is 5.32 Å². The summed E-state index contributed by atoms with van der Waals surface area (Å²) in [6.45, 7) is 0.609. The third-order valence-electron chi connectivity index (χ3n) is 2.53. The summed E-state index contributed by atoms with van der Waals surface area (Å²) in [5, 5.41) is 11.9. The highest BCUT2D eigenvalue weighted by Crippen LogP contribution is 2.19. The molecule has 90 valence electrons. The van der Waals surface area contributed by atoms with Crippen molar-refractivity contribution in [3.05, 3.63) is 63.9 Å². The molecular formula is C14H10BrFN2. The summed E-state index contributed by atoms with van der Waals surface area (Å²) < 4.78 is 14.2. The lowest BCUT2D eigenvalue weighted by Crippen LogP contribution is -2.00. The normalized spacial score (nSPS) is 9.83. The Balaban J connectivity index is 2.12. The number of hydrogen-bond donors (Lipinski definition) is 1. The Morgan fingerprint density at radius 3 is 2.72 bits per heavy atom. The minimum absolute atomic E-state index is 0.0483. The van der Waals surface area contributed by atoms with Crippen LogP contribution in [-0.2, 0) is 6.54 Å². The molecule has 2 aromatic rings. The van der Waals surface area contributed by atoms with Gasteiger partial charge in [-0.3, -0.25) is 0 Å². The van der Waals surface area contributed by atoms with Gasteiger partial charge in [0.1, 0.15) is 11.9 Å². The molecule has 0 spiro atoms. The fourth-order valence-electron chi connectivity index (χ4n) is 1.56. The molecule has 0 aliphatic rings. The highest BCUT2D eigenvalue weighted by molar-refractivity contribution is 9.10. The number of anilines is 1. The van der Waals surface area contributed by atoms with Crippen molar-refractivity contribution in [3.63, 3.8) is 0 Å². The topological polar surface area (TPSA) is 35.8 Å². The maximum absolute atomic E-state index is 13.1. The van der Waals surface area contributed by atoms with Crippen molar-refractivity contribution in [1.82, 2.24) is 0 Å². The molecule has 0 aliphatic heterocycles. The first-order valence-corrected chi connectivity index (χ1v) is 6.17. The molecule has 2 aromatic carbocycles. The molecule has 0 aliphatic carbocycles. The van der Waals surface area contributed by atoms with Crippen molar-refractivity contribution in [3.8, 4) is 6.07 Å². The summed E-state index contributed by atoms with van der Waals surface area (Å²) in [6, 6.07) is 14.1. The van der Waals surface area contributed by atoms with E-state index in [0.29, 0.717) is 6.54 Å². The van der Waals surface area contributed by atoms with Gasteiger partial charge in [0.2, 0.25) is 0 Å². The van der Waals surface area contributed by atoms with Crippen molar-refractivity contribution in [2.75, 3.05) is 5.32 Å². The van der Waals surface area contributed by atoms with E-state index in [-0.39, 0.29) is 5.56 Å². The van der Waals surface area contributed by atoms with E-state index in [1.165, 1.54) is 12.1 Å². The first-order chi connectivity index (χ1) is 8.70. The van der Waals surface area contributed by atoms with Gasteiger partial charge in [-0.1, -0.05) is 34.1 Å². The standard InChI is InChI=1S/C14H10BrFN2/c15-13-4-2-1-3-10(13)9-18-12-5-6-14(16)11(7-12)8-17/h1-7,18H,9H2. The fourth-order valence-corrected chi connectivity index (χ4v) is 1.98. The maximum atomic E-state index is 13.1. The van der Waals surface area contributed by atoms with Crippen LogP contribution in [-0.4, -0.2) is 0 Å². The zero-order valence-electron chi connectivity index (χ0n) is 9.45. The zero-order chi connectivity index (χ0) is 13.0. The van der Waals surface area contributed by atoms with Gasteiger partial charge in [-0.25, -0.2) is 4.39 Å². The summed E-state index contributed by atoms with van der Waals surface area (Å²) in [5.41, 5.74) is 1.87. The quantitative estimate of drug-likeness (QED) is 0.927. The van der Waals surface area contributed by atoms with Crippen LogP contribution in [0.1, 0.15) is 11.1 Å². The first-order valence-electron chi connectivity index (χ1n) is 5.37. The van der Waals surface area contributed by atoms with Crippen molar-refractivity contribution in [1.29, 1.82) is 5.26 Å². The number of benzene rings is 2. The summed E-state index contributed by atoms with van der Waals surface area (Å²) in [4.78, 5) is 0. The van der Waals surface area contributed by atoms with E-state index in [9.17, 15) is 4.39 Å². The number of nitrogens with zero attached hydrogens (tertiary/aromatic N) is 1. The Bertz CT molecular complexity index is 605. The average molecular weight is 305 g/mol. The third kappa shape index (κ3) is 2.88. The van der Waals surface area contributed by atoms with Crippen LogP contribution in [0.2, 0.25) is 0 Å². The molecule has 4 heteroatoms. The minimum atomic E-state index is -0.496. The van der Waals surface area contributed by atoms with Gasteiger partial charge in [0, 0.05) is 16.7 Å². The monoisotopic (exact) mass is 304 g/mol. The molecule has 0 saturated heterocycles. The molecule has 0 unspecified atom stereocenters. The molecule has 18 heavy (non-hydrogen) atoms. The maximum Gasteiger partial charge on any atom is 0.141 e. The number of nitrogens with one attached hydrogen (secondary N) is 1. The van der Waals surface area contributed by atoms with E-state index in [2.05, 4.69) is 21.2 Å². The van der Waals surface area contributed by atoms with Crippen LogP contribution in [0.25, 0.3) is 0 Å². The van der Waals surface area contributed by atoms with Crippen molar-refractivity contribution in [2.45, 2.75) is 6.54 Å². The Labute approximate surface area is 113 Å². The number of halogens is 2. The highest BCUT2D eigenvalue weighted by atomic mass is 79.9. The molecule has 1 N–H and O–H groups in total. The summed E-state index contributed by atoms with van der Waals surface area (Å²) in [6.07, 6.45) is 0. The number of nitriles is 1.